The predicted octanol–water partition coefficient (Wildman–Crippen LogP) is 6.95. The molecule has 3 aromatic rings. The van der Waals surface area contributed by atoms with Crippen LogP contribution >= 0.6 is 11.8 Å². The lowest BCUT2D eigenvalue weighted by molar-refractivity contribution is -0.122. The molecule has 324 valence electrons. The Hall–Kier alpha value is -5.15. The number of aromatic nitrogens is 3. The van der Waals surface area contributed by atoms with Gasteiger partial charge in [0, 0.05) is 73.6 Å². The minimum Gasteiger partial charge on any atom is -0.368 e. The number of amidine groups is 1. The number of unbranched alkanes of at least 4 members (excludes halogenated alkanes) is 2. The second kappa shape index (κ2) is 20.6. The van der Waals surface area contributed by atoms with E-state index < -0.39 is 0 Å². The van der Waals surface area contributed by atoms with Crippen molar-refractivity contribution in [3.63, 3.8) is 0 Å². The maximum absolute atomic E-state index is 13.4. The highest BCUT2D eigenvalue weighted by atomic mass is 32.2. The van der Waals surface area contributed by atoms with Crippen LogP contribution in [0, 0.1) is 11.8 Å². The van der Waals surface area contributed by atoms with Crippen molar-refractivity contribution >= 4 is 69.7 Å². The summed E-state index contributed by atoms with van der Waals surface area (Å²) in [5.41, 5.74) is 4.70. The zero-order valence-corrected chi connectivity index (χ0v) is 36.7. The number of para-hydroxylation sites is 1. The minimum atomic E-state index is -0.294. The molecule has 7 rings (SSSR count). The van der Waals surface area contributed by atoms with Gasteiger partial charge in [0.15, 0.2) is 11.0 Å². The summed E-state index contributed by atoms with van der Waals surface area (Å²) in [6.45, 7) is 12.2. The number of piperazine rings is 1. The number of hydrogen-bond donors (Lipinski definition) is 4. The van der Waals surface area contributed by atoms with Crippen LogP contribution in [0.1, 0.15) is 113 Å². The molecule has 0 radical (unpaired) electrons. The van der Waals surface area contributed by atoms with Gasteiger partial charge in [-0.3, -0.25) is 29.1 Å². The van der Waals surface area contributed by atoms with E-state index in [-0.39, 0.29) is 41.4 Å². The van der Waals surface area contributed by atoms with E-state index in [2.05, 4.69) is 59.9 Å². The van der Waals surface area contributed by atoms with Crippen molar-refractivity contribution in [2.24, 2.45) is 16.8 Å². The minimum absolute atomic E-state index is 0.00140. The highest BCUT2D eigenvalue weighted by molar-refractivity contribution is 8.14. The van der Waals surface area contributed by atoms with Gasteiger partial charge in [-0.2, -0.15) is 0 Å². The normalized spacial score (nSPS) is 20.7. The highest BCUT2D eigenvalue weighted by Crippen LogP contribution is 2.47. The smallest absolute Gasteiger partial charge is 0.259 e. The van der Waals surface area contributed by atoms with E-state index in [9.17, 15) is 19.2 Å². The zero-order chi connectivity index (χ0) is 42.9. The van der Waals surface area contributed by atoms with Crippen molar-refractivity contribution in [3.05, 3.63) is 71.2 Å². The number of nitrogens with one attached hydrogen (secondary N) is 4. The Morgan fingerprint density at radius 2 is 1.69 bits per heavy atom. The molecule has 2 aliphatic carbocycles. The lowest BCUT2D eigenvalue weighted by Crippen LogP contribution is -2.49. The average Bonchev–Trinajstić information content (AvgIpc) is 4.00. The van der Waals surface area contributed by atoms with Gasteiger partial charge < -0.3 is 26.2 Å². The molecule has 4 heterocycles. The molecule has 4 atom stereocenters. The van der Waals surface area contributed by atoms with Crippen molar-refractivity contribution in [1.29, 1.82) is 0 Å². The Labute approximate surface area is 363 Å². The van der Waals surface area contributed by atoms with Gasteiger partial charge in [0.05, 0.1) is 41.4 Å². The molecule has 1 saturated carbocycles. The molecule has 1 aromatic carbocycles. The standard InChI is InChI=1S/C46H60N10O4S/c1-5-29(2)43(59)36-25-33-26-49-45(53-42(33)41(36)32-13-8-9-14-32)52-38-19-18-34(27-48-38)56-23-21-55(22-24-56)28-40(58)47-20-12-6-7-17-39(57)51-37-16-11-10-15-35(37)44(60)54-46-50-30(3)31(4)61-46/h10-11,15-16,18-19,25-27,29-32,41H,5-9,12-14,17,20-24,28H2,1-4H3,(H,47,58)(H,51,57)(H,50,54,60)(H,48,49,52,53). The number of nitrogens with zero attached hydrogens (tertiary/aromatic N) is 6. The van der Waals surface area contributed by atoms with Crippen LogP contribution in [0.15, 0.2) is 59.4 Å². The van der Waals surface area contributed by atoms with Crippen molar-refractivity contribution in [3.8, 4) is 0 Å². The number of pyridine rings is 1. The third-order valence-electron chi connectivity index (χ3n) is 12.5. The average molecular weight is 849 g/mol. The summed E-state index contributed by atoms with van der Waals surface area (Å²) >= 11 is 1.54. The van der Waals surface area contributed by atoms with Gasteiger partial charge in [-0.05, 0) is 75.3 Å². The fourth-order valence-corrected chi connectivity index (χ4v) is 9.50. The topological polar surface area (TPSA) is 174 Å². The van der Waals surface area contributed by atoms with Gasteiger partial charge in [0.25, 0.3) is 5.91 Å². The Kier molecular flexibility index (Phi) is 14.8. The fraction of sp³-hybridized carbons (Fsp3) is 0.522. The van der Waals surface area contributed by atoms with Crippen molar-refractivity contribution < 1.29 is 19.2 Å². The number of carbonyl (C=O) groups is 4. The number of ketones is 1. The van der Waals surface area contributed by atoms with Gasteiger partial charge in [0.2, 0.25) is 17.8 Å². The third-order valence-corrected chi connectivity index (χ3v) is 13.7. The molecular weight excluding hydrogens is 789 g/mol. The van der Waals surface area contributed by atoms with Crippen LogP contribution in [-0.4, -0.2) is 99.1 Å². The maximum Gasteiger partial charge on any atom is 0.259 e. The second-order valence-electron chi connectivity index (χ2n) is 16.8. The number of carbonyl (C=O) groups excluding carboxylic acids is 4. The number of Topliss-reactive ketones (excluding diaryl/α,β-unsaturated/α-hetero) is 1. The number of anilines is 4. The molecule has 1 saturated heterocycles. The molecule has 0 bridgehead atoms. The van der Waals surface area contributed by atoms with Crippen molar-refractivity contribution in [2.45, 2.75) is 103 Å². The first kappa shape index (κ1) is 43.9. The number of aliphatic imine (C=N–C) groups is 1. The summed E-state index contributed by atoms with van der Waals surface area (Å²) in [5.74, 6) is 1.40. The van der Waals surface area contributed by atoms with E-state index >= 15 is 0 Å². The van der Waals surface area contributed by atoms with Crippen molar-refractivity contribution in [2.75, 3.05) is 54.8 Å². The monoisotopic (exact) mass is 848 g/mol. The number of amides is 3. The molecule has 2 aromatic heterocycles. The van der Waals surface area contributed by atoms with E-state index in [1.165, 1.54) is 24.6 Å². The van der Waals surface area contributed by atoms with E-state index in [0.29, 0.717) is 65.3 Å². The quantitative estimate of drug-likeness (QED) is 0.104. The first-order chi connectivity index (χ1) is 29.6. The van der Waals surface area contributed by atoms with E-state index in [1.54, 1.807) is 24.3 Å². The van der Waals surface area contributed by atoms with Crippen LogP contribution in [0.3, 0.4) is 0 Å². The molecule has 3 amide bonds. The summed E-state index contributed by atoms with van der Waals surface area (Å²) in [7, 11) is 0. The summed E-state index contributed by atoms with van der Waals surface area (Å²) in [5, 5.41) is 13.0. The van der Waals surface area contributed by atoms with E-state index in [1.807, 2.05) is 44.4 Å². The van der Waals surface area contributed by atoms with E-state index in [4.69, 9.17) is 4.98 Å². The van der Waals surface area contributed by atoms with Crippen LogP contribution in [0.5, 0.6) is 0 Å². The number of benzene rings is 1. The van der Waals surface area contributed by atoms with Gasteiger partial charge in [-0.25, -0.2) is 15.0 Å². The summed E-state index contributed by atoms with van der Waals surface area (Å²) in [4.78, 5) is 75.0. The van der Waals surface area contributed by atoms with Crippen LogP contribution in [0.2, 0.25) is 0 Å². The molecule has 4 aliphatic rings. The molecule has 14 nitrogen and oxygen atoms in total. The number of allylic oxidation sites excluding steroid dienone is 1. The molecule has 4 unspecified atom stereocenters. The van der Waals surface area contributed by atoms with Crippen LogP contribution in [0.25, 0.3) is 6.08 Å². The molecule has 15 heteroatoms. The predicted molar refractivity (Wildman–Crippen MR) is 243 cm³/mol. The van der Waals surface area contributed by atoms with Crippen LogP contribution < -0.4 is 26.2 Å². The number of thioether (sulfide) groups is 1. The number of fused-ring (bicyclic) bond motifs is 1. The van der Waals surface area contributed by atoms with Crippen LogP contribution in [-0.2, 0) is 14.4 Å². The first-order valence-electron chi connectivity index (χ1n) is 22.1. The SMILES string of the molecule is CCC(C)C(=O)C1=Cc2cnc(Nc3ccc(N4CCN(CC(=O)NCCCCCC(=O)Nc5ccccc5C(=O)NC5=NC(C)C(C)S5)CC4)cn3)nc2C1C1CCCC1. The summed E-state index contributed by atoms with van der Waals surface area (Å²) in [6.07, 6.45) is 13.8. The van der Waals surface area contributed by atoms with Gasteiger partial charge in [-0.15, -0.1) is 0 Å². The van der Waals surface area contributed by atoms with Crippen LogP contribution in [0.4, 0.5) is 23.1 Å². The Morgan fingerprint density at radius 3 is 2.41 bits per heavy atom. The van der Waals surface area contributed by atoms with Gasteiger partial charge in [-0.1, -0.05) is 63.9 Å². The molecular formula is C46H60N10O4S. The Balaban J connectivity index is 0.788. The third kappa shape index (κ3) is 11.2. The lowest BCUT2D eigenvalue weighted by Gasteiger charge is -2.35. The van der Waals surface area contributed by atoms with Crippen molar-refractivity contribution in [1.82, 2.24) is 30.5 Å². The molecule has 4 N–H and O–H groups in total. The number of rotatable bonds is 17. The summed E-state index contributed by atoms with van der Waals surface area (Å²) in [6, 6.07) is 11.1. The highest BCUT2D eigenvalue weighted by Gasteiger charge is 2.39. The summed E-state index contributed by atoms with van der Waals surface area (Å²) < 4.78 is 0. The number of hydrogen-bond acceptors (Lipinski definition) is 12. The lowest BCUT2D eigenvalue weighted by atomic mass is 9.80. The second-order valence-corrected chi connectivity index (χ2v) is 18.2. The van der Waals surface area contributed by atoms with E-state index in [0.717, 1.165) is 80.8 Å². The van der Waals surface area contributed by atoms with Gasteiger partial charge >= 0.3 is 0 Å². The fourth-order valence-electron chi connectivity index (χ4n) is 8.52. The first-order valence-corrected chi connectivity index (χ1v) is 23.0. The maximum atomic E-state index is 13.4. The molecule has 61 heavy (non-hydrogen) atoms. The molecule has 2 aliphatic heterocycles. The molecule has 2 fully saturated rings. The van der Waals surface area contributed by atoms with Gasteiger partial charge in [0.1, 0.15) is 5.82 Å². The molecule has 0 spiro atoms. The Morgan fingerprint density at radius 1 is 0.902 bits per heavy atom. The zero-order valence-electron chi connectivity index (χ0n) is 35.9. The largest absolute Gasteiger partial charge is 0.368 e. The Bertz CT molecular complexity index is 2110.